The Hall–Kier alpha value is -3.06. The number of halogens is 3. The highest BCUT2D eigenvalue weighted by molar-refractivity contribution is 7.13. The summed E-state index contributed by atoms with van der Waals surface area (Å²) in [7, 11) is 1.70. The van der Waals surface area contributed by atoms with Gasteiger partial charge in [-0.1, -0.05) is 0 Å². The van der Waals surface area contributed by atoms with Crippen molar-refractivity contribution in [2.45, 2.75) is 26.2 Å². The number of aromatic nitrogens is 5. The number of hydrogen-bond acceptors (Lipinski definition) is 8. The summed E-state index contributed by atoms with van der Waals surface area (Å²) in [5, 5.41) is 9.87. The van der Waals surface area contributed by atoms with Crippen molar-refractivity contribution >= 4 is 23.1 Å². The van der Waals surface area contributed by atoms with Crippen LogP contribution in [-0.2, 0) is 22.6 Å². The molecule has 0 unspecified atom stereocenters. The van der Waals surface area contributed by atoms with Gasteiger partial charge in [-0.05, 0) is 13.0 Å². The number of alkyl halides is 3. The first-order valence-corrected chi connectivity index (χ1v) is 9.90. The molecule has 3 rings (SSSR count). The number of carboxylic acids is 1. The molecule has 0 aliphatic carbocycles. The number of carboxylic acid groups (broad SMARTS) is 1. The van der Waals surface area contributed by atoms with Gasteiger partial charge in [-0.25, -0.2) is 24.7 Å². The molecule has 3 heterocycles. The van der Waals surface area contributed by atoms with E-state index in [1.54, 1.807) is 19.5 Å². The second-order valence-corrected chi connectivity index (χ2v) is 6.86. The van der Waals surface area contributed by atoms with E-state index in [1.807, 2.05) is 24.0 Å². The van der Waals surface area contributed by atoms with Crippen LogP contribution in [0.25, 0.3) is 10.8 Å². The number of hydrogen-bond donors (Lipinski definition) is 1. The molecule has 0 aromatic carbocycles. The van der Waals surface area contributed by atoms with Gasteiger partial charge in [0.25, 0.3) is 0 Å². The average Bonchev–Trinajstić information content (AvgIpc) is 3.42. The van der Waals surface area contributed by atoms with Gasteiger partial charge in [-0.15, -0.1) is 11.3 Å². The second-order valence-electron chi connectivity index (χ2n) is 5.96. The smallest absolute Gasteiger partial charge is 0.475 e. The predicted molar refractivity (Wildman–Crippen MR) is 108 cm³/mol. The van der Waals surface area contributed by atoms with Crippen LogP contribution in [-0.4, -0.2) is 62.0 Å². The van der Waals surface area contributed by atoms with Crippen LogP contribution >= 0.6 is 11.3 Å². The fraction of sp³-hybridized carbons (Fsp3) is 0.389. The van der Waals surface area contributed by atoms with E-state index in [0.717, 1.165) is 29.6 Å². The van der Waals surface area contributed by atoms with Crippen LogP contribution in [0.2, 0.25) is 0 Å². The first-order chi connectivity index (χ1) is 14.8. The topological polar surface area (TPSA) is 106 Å². The highest BCUT2D eigenvalue weighted by Crippen LogP contribution is 2.21. The fourth-order valence-electron chi connectivity index (χ4n) is 2.40. The summed E-state index contributed by atoms with van der Waals surface area (Å²) in [6, 6.07) is 1.92. The van der Waals surface area contributed by atoms with Gasteiger partial charge < -0.3 is 19.3 Å². The van der Waals surface area contributed by atoms with Gasteiger partial charge in [0.2, 0.25) is 0 Å². The molecular weight excluding hydrogens is 437 g/mol. The lowest BCUT2D eigenvalue weighted by Crippen LogP contribution is -2.28. The number of ether oxygens (including phenoxy) is 1. The van der Waals surface area contributed by atoms with Crippen molar-refractivity contribution in [3.8, 4) is 10.8 Å². The highest BCUT2D eigenvalue weighted by atomic mass is 32.1. The van der Waals surface area contributed by atoms with E-state index in [2.05, 4.69) is 36.3 Å². The number of thiazole rings is 1. The minimum absolute atomic E-state index is 0.622. The Morgan fingerprint density at radius 3 is 2.65 bits per heavy atom. The second kappa shape index (κ2) is 11.4. The maximum absolute atomic E-state index is 10.6. The van der Waals surface area contributed by atoms with Crippen LogP contribution < -0.4 is 4.90 Å². The lowest BCUT2D eigenvalue weighted by molar-refractivity contribution is -0.192. The molecule has 13 heteroatoms. The number of nitrogens with zero attached hydrogens (tertiary/aromatic N) is 6. The summed E-state index contributed by atoms with van der Waals surface area (Å²) in [5.41, 5.74) is 1.14. The summed E-state index contributed by atoms with van der Waals surface area (Å²) in [6.07, 6.45) is 2.20. The van der Waals surface area contributed by atoms with E-state index in [-0.39, 0.29) is 0 Å². The Balaban J connectivity index is 0.000000423. The van der Waals surface area contributed by atoms with Gasteiger partial charge in [0.1, 0.15) is 5.82 Å². The number of aryl methyl sites for hydroxylation is 1. The van der Waals surface area contributed by atoms with Crippen LogP contribution in [0.4, 0.5) is 19.0 Å². The number of carbonyl (C=O) groups is 1. The number of methoxy groups -OCH3 is 1. The highest BCUT2D eigenvalue weighted by Gasteiger charge is 2.38. The molecule has 0 bridgehead atoms. The van der Waals surface area contributed by atoms with Crippen molar-refractivity contribution in [3.63, 3.8) is 0 Å². The van der Waals surface area contributed by atoms with Gasteiger partial charge >= 0.3 is 12.1 Å². The van der Waals surface area contributed by atoms with Crippen molar-refractivity contribution < 1.29 is 27.8 Å². The molecule has 3 aromatic heterocycles. The van der Waals surface area contributed by atoms with Gasteiger partial charge in [-0.3, -0.25) is 0 Å². The van der Waals surface area contributed by atoms with E-state index in [9.17, 15) is 13.2 Å². The van der Waals surface area contributed by atoms with Gasteiger partial charge in [0.15, 0.2) is 10.8 Å². The van der Waals surface area contributed by atoms with Crippen molar-refractivity contribution in [2.75, 3.05) is 25.2 Å². The quantitative estimate of drug-likeness (QED) is 0.549. The zero-order valence-electron chi connectivity index (χ0n) is 16.8. The van der Waals surface area contributed by atoms with Crippen molar-refractivity contribution in [1.82, 2.24) is 24.5 Å². The van der Waals surface area contributed by atoms with Crippen LogP contribution in [0.15, 0.2) is 36.4 Å². The minimum atomic E-state index is -5.08. The van der Waals surface area contributed by atoms with E-state index in [1.165, 1.54) is 11.3 Å². The summed E-state index contributed by atoms with van der Waals surface area (Å²) >= 11 is 1.53. The largest absolute Gasteiger partial charge is 0.490 e. The van der Waals surface area contributed by atoms with Crippen molar-refractivity contribution in [3.05, 3.63) is 42.1 Å². The molecule has 168 valence electrons. The number of rotatable bonds is 8. The zero-order valence-corrected chi connectivity index (χ0v) is 17.6. The predicted octanol–water partition coefficient (Wildman–Crippen LogP) is 3.10. The Kier molecular flexibility index (Phi) is 8.88. The number of anilines is 1. The molecule has 0 amide bonds. The van der Waals surface area contributed by atoms with Crippen LogP contribution in [0, 0.1) is 0 Å². The van der Waals surface area contributed by atoms with Gasteiger partial charge in [-0.2, -0.15) is 13.2 Å². The van der Waals surface area contributed by atoms with Crippen LogP contribution in [0.5, 0.6) is 0 Å². The van der Waals surface area contributed by atoms with E-state index in [0.29, 0.717) is 19.0 Å². The maximum Gasteiger partial charge on any atom is 0.490 e. The minimum Gasteiger partial charge on any atom is -0.475 e. The monoisotopic (exact) mass is 458 g/mol. The Labute approximate surface area is 180 Å². The third-order valence-electron chi connectivity index (χ3n) is 3.89. The Morgan fingerprint density at radius 2 is 2.06 bits per heavy atom. The van der Waals surface area contributed by atoms with E-state index < -0.39 is 12.1 Å². The van der Waals surface area contributed by atoms with Crippen LogP contribution in [0.3, 0.4) is 0 Å². The molecule has 3 aromatic rings. The lowest BCUT2D eigenvalue weighted by Gasteiger charge is -2.24. The molecule has 0 aliphatic rings. The lowest BCUT2D eigenvalue weighted by atomic mass is 10.3. The third-order valence-corrected chi connectivity index (χ3v) is 4.66. The molecule has 0 radical (unpaired) electrons. The normalized spacial score (nSPS) is 11.0. The van der Waals surface area contributed by atoms with Gasteiger partial charge in [0, 0.05) is 44.2 Å². The molecule has 0 atom stereocenters. The first kappa shape index (κ1) is 24.2. The molecular formula is C18H21F3N6O3S. The molecule has 0 spiro atoms. The first-order valence-electron chi connectivity index (χ1n) is 9.02. The Bertz CT molecular complexity index is 949. The van der Waals surface area contributed by atoms with Gasteiger partial charge in [0.05, 0.1) is 25.2 Å². The Morgan fingerprint density at radius 1 is 1.32 bits per heavy atom. The van der Waals surface area contributed by atoms with Crippen LogP contribution in [0.1, 0.15) is 12.6 Å². The summed E-state index contributed by atoms with van der Waals surface area (Å²) in [5.74, 6) is -1.25. The number of imidazole rings is 1. The summed E-state index contributed by atoms with van der Waals surface area (Å²) in [6.45, 7) is 5.07. The third kappa shape index (κ3) is 7.29. The van der Waals surface area contributed by atoms with Crippen molar-refractivity contribution in [2.24, 2.45) is 0 Å². The molecule has 0 saturated heterocycles. The molecule has 9 nitrogen and oxygen atoms in total. The average molecular weight is 458 g/mol. The molecule has 0 fully saturated rings. The summed E-state index contributed by atoms with van der Waals surface area (Å²) in [4.78, 5) is 28.6. The summed E-state index contributed by atoms with van der Waals surface area (Å²) < 4.78 is 39.1. The maximum atomic E-state index is 10.6. The fourth-order valence-corrected chi connectivity index (χ4v) is 2.97. The number of aliphatic carboxylic acids is 1. The molecule has 0 saturated carbocycles. The van der Waals surface area contributed by atoms with E-state index in [4.69, 9.17) is 14.6 Å². The molecule has 0 aliphatic heterocycles. The SMILES string of the molecule is CCn1cncc1CN(CCOC)c1ccnc(-c2nccs2)n1.O=C(O)C(F)(F)F. The zero-order chi connectivity index (χ0) is 22.9. The van der Waals surface area contributed by atoms with Crippen molar-refractivity contribution in [1.29, 1.82) is 0 Å². The molecule has 1 N–H and O–H groups in total. The molecule has 31 heavy (non-hydrogen) atoms. The standard InChI is InChI=1S/C16H20N6OS.C2HF3O2/c1-3-21-12-17-10-13(21)11-22(7-8-23-2)14-4-5-18-15(20-14)16-19-6-9-24-16;3-2(4,5)1(6)7/h4-6,9-10,12H,3,7-8,11H2,1-2H3;(H,6,7). The van der Waals surface area contributed by atoms with E-state index >= 15 is 0 Å².